The topological polar surface area (TPSA) is 69.3 Å². The van der Waals surface area contributed by atoms with Crippen molar-refractivity contribution < 1.29 is 4.79 Å². The molecule has 2 aliphatic rings. The summed E-state index contributed by atoms with van der Waals surface area (Å²) < 4.78 is 0. The van der Waals surface area contributed by atoms with Crippen LogP contribution in [0.25, 0.3) is 0 Å². The lowest BCUT2D eigenvalue weighted by molar-refractivity contribution is -0.131. The number of likely N-dealkylation sites (tertiary alicyclic amines) is 2. The van der Waals surface area contributed by atoms with Crippen LogP contribution >= 0.6 is 0 Å². The summed E-state index contributed by atoms with van der Waals surface area (Å²) in [6, 6.07) is 1.87. The molecule has 6 nitrogen and oxygen atoms in total. The molecule has 2 saturated heterocycles. The minimum absolute atomic E-state index is 0.247. The van der Waals surface area contributed by atoms with E-state index in [1.54, 1.807) is 6.20 Å². The molecule has 21 heavy (non-hydrogen) atoms. The third-order valence-corrected chi connectivity index (χ3v) is 4.46. The molecular weight excluding hydrogens is 268 g/mol. The first-order chi connectivity index (χ1) is 10.2. The van der Waals surface area contributed by atoms with Crippen LogP contribution in [0.1, 0.15) is 37.3 Å². The fraction of sp³-hybridized carbons (Fsp3) is 0.667. The largest absolute Gasteiger partial charge is 0.345 e. The molecule has 114 valence electrons. The number of carbonyl (C=O) groups excluding carboxylic acids is 1. The second kappa shape index (κ2) is 6.39. The maximum Gasteiger partial charge on any atom is 0.345 e. The monoisotopic (exact) mass is 290 g/mol. The van der Waals surface area contributed by atoms with E-state index in [4.69, 9.17) is 0 Å². The van der Waals surface area contributed by atoms with Crippen LogP contribution in [-0.4, -0.2) is 58.4 Å². The Morgan fingerprint density at radius 3 is 2.86 bits per heavy atom. The number of rotatable bonds is 3. The Morgan fingerprint density at radius 1 is 1.29 bits per heavy atom. The number of aromatic nitrogens is 2. The number of hydrogen-bond donors (Lipinski definition) is 1. The van der Waals surface area contributed by atoms with Gasteiger partial charge in [-0.2, -0.15) is 0 Å². The first-order valence-corrected chi connectivity index (χ1v) is 7.78. The van der Waals surface area contributed by atoms with Gasteiger partial charge in [-0.1, -0.05) is 0 Å². The third kappa shape index (κ3) is 3.50. The van der Waals surface area contributed by atoms with Gasteiger partial charge < -0.3 is 9.88 Å². The van der Waals surface area contributed by atoms with Crippen LogP contribution in [0.2, 0.25) is 0 Å². The Balaban J connectivity index is 1.60. The van der Waals surface area contributed by atoms with E-state index >= 15 is 0 Å². The van der Waals surface area contributed by atoms with Gasteiger partial charge in [-0.3, -0.25) is 9.69 Å². The summed E-state index contributed by atoms with van der Waals surface area (Å²) in [6.07, 6.45) is 5.93. The van der Waals surface area contributed by atoms with Crippen molar-refractivity contribution in [2.75, 3.05) is 32.7 Å². The molecule has 0 aromatic carbocycles. The van der Waals surface area contributed by atoms with E-state index in [9.17, 15) is 9.59 Å². The molecule has 1 atom stereocenters. The number of hydrogen-bond acceptors (Lipinski definition) is 4. The first kappa shape index (κ1) is 14.3. The lowest BCUT2D eigenvalue weighted by Gasteiger charge is -2.33. The molecule has 2 aliphatic heterocycles. The molecule has 3 heterocycles. The Hall–Kier alpha value is -1.69. The molecule has 2 fully saturated rings. The number of piperidine rings is 1. The zero-order valence-electron chi connectivity index (χ0n) is 12.3. The lowest BCUT2D eigenvalue weighted by atomic mass is 9.94. The van der Waals surface area contributed by atoms with Gasteiger partial charge in [0.05, 0.1) is 6.54 Å². The van der Waals surface area contributed by atoms with Crippen LogP contribution in [0.4, 0.5) is 0 Å². The van der Waals surface area contributed by atoms with E-state index in [0.29, 0.717) is 12.5 Å². The van der Waals surface area contributed by atoms with E-state index in [2.05, 4.69) is 14.9 Å². The van der Waals surface area contributed by atoms with Crippen molar-refractivity contribution in [1.82, 2.24) is 19.8 Å². The van der Waals surface area contributed by atoms with Crippen molar-refractivity contribution >= 4 is 5.91 Å². The summed E-state index contributed by atoms with van der Waals surface area (Å²) in [6.45, 7) is 4.12. The number of carbonyl (C=O) groups is 1. The first-order valence-electron chi connectivity index (χ1n) is 7.78. The predicted octanol–water partition coefficient (Wildman–Crippen LogP) is 0.572. The molecule has 1 aromatic rings. The smallest absolute Gasteiger partial charge is 0.342 e. The molecule has 0 aliphatic carbocycles. The van der Waals surface area contributed by atoms with Gasteiger partial charge in [0, 0.05) is 37.4 Å². The highest BCUT2D eigenvalue weighted by Gasteiger charge is 2.26. The van der Waals surface area contributed by atoms with Crippen molar-refractivity contribution in [2.24, 2.45) is 0 Å². The summed E-state index contributed by atoms with van der Waals surface area (Å²) in [5, 5.41) is 0. The van der Waals surface area contributed by atoms with Gasteiger partial charge in [0.15, 0.2) is 0 Å². The minimum atomic E-state index is -0.294. The Bertz CT molecular complexity index is 551. The Labute approximate surface area is 124 Å². The van der Waals surface area contributed by atoms with E-state index < -0.39 is 0 Å². The average Bonchev–Trinajstić information content (AvgIpc) is 3.02. The second-order valence-corrected chi connectivity index (χ2v) is 5.99. The molecule has 3 rings (SSSR count). The number of nitrogens with one attached hydrogen (secondary N) is 1. The molecular formula is C15H22N4O2. The van der Waals surface area contributed by atoms with Crippen LogP contribution < -0.4 is 5.69 Å². The highest BCUT2D eigenvalue weighted by molar-refractivity contribution is 5.78. The van der Waals surface area contributed by atoms with Gasteiger partial charge in [0.25, 0.3) is 0 Å². The second-order valence-electron chi connectivity index (χ2n) is 5.99. The molecule has 0 saturated carbocycles. The zero-order chi connectivity index (χ0) is 14.7. The van der Waals surface area contributed by atoms with Gasteiger partial charge in [-0.25, -0.2) is 9.78 Å². The highest BCUT2D eigenvalue weighted by Crippen LogP contribution is 2.24. The number of amides is 1. The molecule has 0 spiro atoms. The molecule has 0 bridgehead atoms. The minimum Gasteiger partial charge on any atom is -0.342 e. The van der Waals surface area contributed by atoms with E-state index in [1.807, 2.05) is 11.0 Å². The normalized spacial score (nSPS) is 23.4. The van der Waals surface area contributed by atoms with Crippen molar-refractivity contribution in [3.8, 4) is 0 Å². The van der Waals surface area contributed by atoms with E-state index in [-0.39, 0.29) is 11.6 Å². The van der Waals surface area contributed by atoms with Gasteiger partial charge in [0.2, 0.25) is 5.91 Å². The molecule has 0 radical (unpaired) electrons. The summed E-state index contributed by atoms with van der Waals surface area (Å²) in [4.78, 5) is 34.2. The average molecular weight is 290 g/mol. The summed E-state index contributed by atoms with van der Waals surface area (Å²) in [7, 11) is 0. The van der Waals surface area contributed by atoms with E-state index in [0.717, 1.165) is 57.6 Å². The van der Waals surface area contributed by atoms with Gasteiger partial charge in [-0.05, 0) is 38.3 Å². The molecule has 1 amide bonds. The maximum atomic E-state index is 12.2. The molecule has 6 heteroatoms. The lowest BCUT2D eigenvalue weighted by Crippen LogP contribution is -2.43. The third-order valence-electron chi connectivity index (χ3n) is 4.46. The van der Waals surface area contributed by atoms with Crippen LogP contribution in [0, 0.1) is 0 Å². The van der Waals surface area contributed by atoms with Crippen molar-refractivity contribution in [3.63, 3.8) is 0 Å². The van der Waals surface area contributed by atoms with Crippen molar-refractivity contribution in [2.45, 2.75) is 31.6 Å². The number of aromatic amines is 1. The van der Waals surface area contributed by atoms with E-state index in [1.165, 1.54) is 0 Å². The maximum absolute atomic E-state index is 12.2. The van der Waals surface area contributed by atoms with Crippen LogP contribution in [0.5, 0.6) is 0 Å². The number of H-pyrrole nitrogens is 1. The summed E-state index contributed by atoms with van der Waals surface area (Å²) in [5.74, 6) is 0.539. The molecule has 1 N–H and O–H groups in total. The van der Waals surface area contributed by atoms with Crippen molar-refractivity contribution in [1.29, 1.82) is 0 Å². The quantitative estimate of drug-likeness (QED) is 0.883. The standard InChI is InChI=1S/C15H22N4O2/c20-14(19-8-1-2-9-19)11-18-7-3-4-12(10-18)13-5-6-16-15(21)17-13/h5-6,12H,1-4,7-11H2,(H,16,17,21)/t12-/m1/s1. The summed E-state index contributed by atoms with van der Waals surface area (Å²) in [5.41, 5.74) is 0.645. The van der Waals surface area contributed by atoms with Crippen LogP contribution in [0.15, 0.2) is 17.1 Å². The zero-order valence-corrected chi connectivity index (χ0v) is 12.3. The predicted molar refractivity (Wildman–Crippen MR) is 79.1 cm³/mol. The molecule has 0 unspecified atom stereocenters. The summed E-state index contributed by atoms with van der Waals surface area (Å²) >= 11 is 0. The number of nitrogens with zero attached hydrogens (tertiary/aromatic N) is 3. The Morgan fingerprint density at radius 2 is 2.10 bits per heavy atom. The Kier molecular flexibility index (Phi) is 4.34. The fourth-order valence-electron chi connectivity index (χ4n) is 3.33. The highest BCUT2D eigenvalue weighted by atomic mass is 16.2. The molecule has 1 aromatic heterocycles. The van der Waals surface area contributed by atoms with Gasteiger partial charge in [-0.15, -0.1) is 0 Å². The van der Waals surface area contributed by atoms with Crippen molar-refractivity contribution in [3.05, 3.63) is 28.4 Å². The SMILES string of the molecule is O=C(CN1CCC[C@@H](c2ccnc(=O)[nH]2)C1)N1CCCC1. The van der Waals surface area contributed by atoms with Crippen LogP contribution in [0.3, 0.4) is 0 Å². The van der Waals surface area contributed by atoms with Crippen LogP contribution in [-0.2, 0) is 4.79 Å². The van der Waals surface area contributed by atoms with Gasteiger partial charge >= 0.3 is 5.69 Å². The fourth-order valence-corrected chi connectivity index (χ4v) is 3.33. The van der Waals surface area contributed by atoms with Gasteiger partial charge in [0.1, 0.15) is 0 Å².